The maximum atomic E-state index is 11.2. The van der Waals surface area contributed by atoms with E-state index in [1.807, 2.05) is 48.5 Å². The van der Waals surface area contributed by atoms with Crippen LogP contribution < -0.4 is 9.47 Å². The van der Waals surface area contributed by atoms with Crippen LogP contribution in [0.2, 0.25) is 0 Å². The molecular weight excluding hydrogens is 540 g/mol. The summed E-state index contributed by atoms with van der Waals surface area (Å²) in [6, 6.07) is 15.4. The van der Waals surface area contributed by atoms with E-state index in [2.05, 4.69) is 31.9 Å². The summed E-state index contributed by atoms with van der Waals surface area (Å²) in [5.74, 6) is 1.25. The van der Waals surface area contributed by atoms with Crippen molar-refractivity contribution in [3.05, 3.63) is 57.5 Å². The van der Waals surface area contributed by atoms with Crippen molar-refractivity contribution in [3.63, 3.8) is 0 Å². The van der Waals surface area contributed by atoms with Crippen LogP contribution in [-0.4, -0.2) is 29.1 Å². The molecule has 172 valence electrons. The van der Waals surface area contributed by atoms with Crippen molar-refractivity contribution in [1.82, 2.24) is 0 Å². The van der Waals surface area contributed by atoms with Gasteiger partial charge in [0.1, 0.15) is 17.3 Å². The molecule has 32 heavy (non-hydrogen) atoms. The first-order chi connectivity index (χ1) is 15.3. The quantitative estimate of drug-likeness (QED) is 0.422. The van der Waals surface area contributed by atoms with Crippen molar-refractivity contribution >= 4 is 43.6 Å². The smallest absolute Gasteiger partial charge is 0.306 e. The molecule has 2 aromatic rings. The van der Waals surface area contributed by atoms with Gasteiger partial charge in [-0.3, -0.25) is 9.59 Å². The van der Waals surface area contributed by atoms with Crippen molar-refractivity contribution < 1.29 is 24.2 Å². The predicted octanol–water partition coefficient (Wildman–Crippen LogP) is 6.67. The number of rotatable bonds is 6. The first kappa shape index (κ1) is 24.8. The van der Waals surface area contributed by atoms with Gasteiger partial charge in [0, 0.05) is 14.9 Å². The summed E-state index contributed by atoms with van der Waals surface area (Å²) in [6.07, 6.45) is 5.23. The molecule has 4 rings (SSSR count). The molecule has 0 radical (unpaired) electrons. The molecule has 0 bridgehead atoms. The molecule has 2 fully saturated rings. The summed E-state index contributed by atoms with van der Waals surface area (Å²) in [4.78, 5) is 22.0. The zero-order chi connectivity index (χ0) is 23.1. The second kappa shape index (κ2) is 11.8. The van der Waals surface area contributed by atoms with Gasteiger partial charge in [0.25, 0.3) is 0 Å². The van der Waals surface area contributed by atoms with Gasteiger partial charge in [0.15, 0.2) is 0 Å². The number of ketones is 1. The molecule has 2 aliphatic rings. The van der Waals surface area contributed by atoms with Crippen molar-refractivity contribution in [2.45, 2.75) is 57.7 Å². The average molecular weight is 568 g/mol. The van der Waals surface area contributed by atoms with Gasteiger partial charge < -0.3 is 14.6 Å². The molecule has 2 aliphatic carbocycles. The summed E-state index contributed by atoms with van der Waals surface area (Å²) < 4.78 is 13.6. The van der Waals surface area contributed by atoms with Crippen molar-refractivity contribution in [1.29, 1.82) is 0 Å². The Balaban J connectivity index is 0.000000181. The highest BCUT2D eigenvalue weighted by molar-refractivity contribution is 9.10. The largest absolute Gasteiger partial charge is 0.490 e. The van der Waals surface area contributed by atoms with Gasteiger partial charge in [0.05, 0.1) is 18.1 Å². The Labute approximate surface area is 205 Å². The number of carbonyl (C=O) groups excluding carboxylic acids is 1. The number of hydrogen-bond acceptors (Lipinski definition) is 4. The Hall–Kier alpha value is -1.86. The zero-order valence-electron chi connectivity index (χ0n) is 18.0. The van der Waals surface area contributed by atoms with Gasteiger partial charge in [-0.1, -0.05) is 31.9 Å². The summed E-state index contributed by atoms with van der Waals surface area (Å²) in [6.45, 7) is 1.67. The normalized spacial score (nSPS) is 24.3. The first-order valence-electron chi connectivity index (χ1n) is 10.9. The molecular formula is C25H28Br2O5. The molecule has 0 aromatic heterocycles. The molecule has 1 N–H and O–H groups in total. The number of ether oxygens (including phenoxy) is 2. The lowest BCUT2D eigenvalue weighted by molar-refractivity contribution is -0.141. The SMILES string of the molecule is CC(=O)[C@@H]1CC[C@@H](Oc2ccc(Br)cc2)C1.O=C(O)[C@@H]1CC[C@@H](Oc2ccc(Br)cc2)C1. The van der Waals surface area contributed by atoms with Gasteiger partial charge in [-0.2, -0.15) is 0 Å². The third-order valence-corrected chi connectivity index (χ3v) is 6.98. The third kappa shape index (κ3) is 7.62. The minimum absolute atomic E-state index is 0.0438. The fourth-order valence-electron chi connectivity index (χ4n) is 4.10. The van der Waals surface area contributed by atoms with E-state index >= 15 is 0 Å². The first-order valence-corrected chi connectivity index (χ1v) is 12.5. The van der Waals surface area contributed by atoms with Crippen LogP contribution in [0.3, 0.4) is 0 Å². The van der Waals surface area contributed by atoms with Crippen LogP contribution >= 0.6 is 31.9 Å². The maximum Gasteiger partial charge on any atom is 0.306 e. The van der Waals surface area contributed by atoms with Crippen LogP contribution in [0.15, 0.2) is 57.5 Å². The van der Waals surface area contributed by atoms with Crippen LogP contribution in [0.5, 0.6) is 11.5 Å². The fraction of sp³-hybridized carbons (Fsp3) is 0.440. The predicted molar refractivity (Wildman–Crippen MR) is 130 cm³/mol. The van der Waals surface area contributed by atoms with Crippen LogP contribution in [0.25, 0.3) is 0 Å². The standard InChI is InChI=1S/C13H15BrO2.C12H13BrO3/c1-9(15)10-2-5-13(8-10)16-12-6-3-11(14)4-7-12;13-9-2-5-10(6-3-9)16-11-4-1-8(7-11)12(14)15/h3-4,6-7,10,13H,2,5,8H2,1H3;2-3,5-6,8,11H,1,4,7H2,(H,14,15)/t10-,13-;8-,11-/m11/s1. The molecule has 5 nitrogen and oxygen atoms in total. The maximum absolute atomic E-state index is 11.2. The number of hydrogen-bond donors (Lipinski definition) is 1. The second-order valence-corrected chi connectivity index (χ2v) is 10.2. The van der Waals surface area contributed by atoms with E-state index in [1.165, 1.54) is 0 Å². The monoisotopic (exact) mass is 566 g/mol. The van der Waals surface area contributed by atoms with Gasteiger partial charge in [0.2, 0.25) is 0 Å². The number of aliphatic carboxylic acids is 1. The molecule has 0 aliphatic heterocycles. The molecule has 4 atom stereocenters. The van der Waals surface area contributed by atoms with Crippen LogP contribution in [-0.2, 0) is 9.59 Å². The number of carbonyl (C=O) groups is 2. The molecule has 0 spiro atoms. The van der Waals surface area contributed by atoms with E-state index in [9.17, 15) is 9.59 Å². The molecule has 0 amide bonds. The topological polar surface area (TPSA) is 72.8 Å². The lowest BCUT2D eigenvalue weighted by Gasteiger charge is -2.13. The van der Waals surface area contributed by atoms with Crippen LogP contribution in [0.4, 0.5) is 0 Å². The molecule has 2 aromatic carbocycles. The molecule has 7 heteroatoms. The lowest BCUT2D eigenvalue weighted by Crippen LogP contribution is -2.15. The average Bonchev–Trinajstić information content (AvgIpc) is 3.42. The van der Waals surface area contributed by atoms with E-state index in [0.717, 1.165) is 52.5 Å². The van der Waals surface area contributed by atoms with E-state index < -0.39 is 5.97 Å². The Kier molecular flexibility index (Phi) is 9.17. The molecule has 0 heterocycles. The Morgan fingerprint density at radius 3 is 1.50 bits per heavy atom. The van der Waals surface area contributed by atoms with Crippen molar-refractivity contribution in [2.75, 3.05) is 0 Å². The highest BCUT2D eigenvalue weighted by Crippen LogP contribution is 2.31. The minimum Gasteiger partial charge on any atom is -0.490 e. The number of carboxylic acid groups (broad SMARTS) is 1. The molecule has 2 saturated carbocycles. The van der Waals surface area contributed by atoms with Crippen molar-refractivity contribution in [2.24, 2.45) is 11.8 Å². The second-order valence-electron chi connectivity index (χ2n) is 8.36. The number of Topliss-reactive ketones (excluding diaryl/α,β-unsaturated/α-hetero) is 1. The fourth-order valence-corrected chi connectivity index (χ4v) is 4.63. The van der Waals surface area contributed by atoms with Gasteiger partial charge in [-0.15, -0.1) is 0 Å². The van der Waals surface area contributed by atoms with E-state index in [4.69, 9.17) is 14.6 Å². The molecule has 0 saturated heterocycles. The lowest BCUT2D eigenvalue weighted by atomic mass is 10.0. The summed E-state index contributed by atoms with van der Waals surface area (Å²) >= 11 is 6.74. The minimum atomic E-state index is -0.707. The van der Waals surface area contributed by atoms with Gasteiger partial charge >= 0.3 is 5.97 Å². The molecule has 0 unspecified atom stereocenters. The van der Waals surface area contributed by atoms with Crippen LogP contribution in [0, 0.1) is 11.8 Å². The van der Waals surface area contributed by atoms with Crippen LogP contribution in [0.1, 0.15) is 45.4 Å². The summed E-state index contributed by atoms with van der Waals surface area (Å²) in [5.41, 5.74) is 0. The Morgan fingerprint density at radius 2 is 1.16 bits per heavy atom. The van der Waals surface area contributed by atoms with Gasteiger partial charge in [-0.25, -0.2) is 0 Å². The van der Waals surface area contributed by atoms with Gasteiger partial charge in [-0.05, 0) is 94.0 Å². The summed E-state index contributed by atoms with van der Waals surface area (Å²) in [7, 11) is 0. The Morgan fingerprint density at radius 1 is 0.750 bits per heavy atom. The number of benzene rings is 2. The zero-order valence-corrected chi connectivity index (χ0v) is 21.2. The van der Waals surface area contributed by atoms with E-state index in [1.54, 1.807) is 6.92 Å². The van der Waals surface area contributed by atoms with Crippen molar-refractivity contribution in [3.8, 4) is 11.5 Å². The Bertz CT molecular complexity index is 822. The number of halogens is 2. The highest BCUT2D eigenvalue weighted by atomic mass is 79.9. The van der Waals surface area contributed by atoms with E-state index in [0.29, 0.717) is 12.2 Å². The third-order valence-electron chi connectivity index (χ3n) is 5.93. The number of carboxylic acids is 1. The van der Waals surface area contributed by atoms with E-state index in [-0.39, 0.29) is 24.0 Å². The highest BCUT2D eigenvalue weighted by Gasteiger charge is 2.31. The summed E-state index contributed by atoms with van der Waals surface area (Å²) in [5, 5.41) is 8.87.